The maximum absolute atomic E-state index is 12.8. The minimum atomic E-state index is -3.72. The molecule has 6 nitrogen and oxygen atoms in total. The van der Waals surface area contributed by atoms with Crippen LogP contribution in [0.25, 0.3) is 4.91 Å². The summed E-state index contributed by atoms with van der Waals surface area (Å²) in [6.07, 6.45) is 2.27. The maximum atomic E-state index is 12.8. The second-order valence-corrected chi connectivity index (χ2v) is 10.5. The predicted molar refractivity (Wildman–Crippen MR) is 125 cm³/mol. The molecule has 2 aliphatic heterocycles. The molecule has 2 aliphatic rings. The highest BCUT2D eigenvalue weighted by Gasteiger charge is 2.35. The fourth-order valence-corrected chi connectivity index (χ4v) is 6.29. The first kappa shape index (κ1) is 21.8. The van der Waals surface area contributed by atoms with E-state index in [-0.39, 0.29) is 11.8 Å². The molecule has 2 aromatic rings. The van der Waals surface area contributed by atoms with Crippen LogP contribution < -0.4 is 5.32 Å². The van der Waals surface area contributed by atoms with Crippen molar-refractivity contribution in [2.24, 2.45) is 10.3 Å². The predicted octanol–water partition coefficient (Wildman–Crippen LogP) is 3.81. The number of piperidine rings is 1. The number of thiophene rings is 1. The molecule has 1 fully saturated rings. The number of nitrogens with zero attached hydrogens (tertiary/aromatic N) is 2. The minimum absolute atomic E-state index is 0.0554. The monoisotopic (exact) mass is 457 g/mol. The van der Waals surface area contributed by atoms with Crippen LogP contribution in [0.15, 0.2) is 51.7 Å². The standard InChI is InChI=1S/C23H27N3O3S2/c1-3-17-6-8-18(9-7-17)21-16(2)22(25-31(21,28)29)26-12-10-19(11-13-26)23(27)24-15-20-5-4-14-30-20/h4-9,14,19H,3,10-13,15H2,1-2H3,(H,24,27). The molecule has 0 bridgehead atoms. The van der Waals surface area contributed by atoms with Crippen LogP contribution in [0, 0.1) is 5.92 Å². The molecule has 1 aromatic heterocycles. The zero-order chi connectivity index (χ0) is 22.0. The van der Waals surface area contributed by atoms with Gasteiger partial charge in [-0.1, -0.05) is 37.3 Å². The lowest BCUT2D eigenvalue weighted by Gasteiger charge is -2.32. The number of likely N-dealkylation sites (tertiary alicyclic amines) is 1. The van der Waals surface area contributed by atoms with Crippen molar-refractivity contribution in [3.05, 3.63) is 63.4 Å². The van der Waals surface area contributed by atoms with Crippen LogP contribution >= 0.6 is 11.3 Å². The Hall–Kier alpha value is -2.45. The number of carbonyl (C=O) groups is 1. The topological polar surface area (TPSA) is 78.8 Å². The number of aryl methyl sites for hydroxylation is 1. The number of hydrogen-bond acceptors (Lipinski definition) is 5. The van der Waals surface area contributed by atoms with E-state index in [1.54, 1.807) is 11.3 Å². The van der Waals surface area contributed by atoms with Crippen molar-refractivity contribution in [2.45, 2.75) is 39.7 Å². The van der Waals surface area contributed by atoms with Crippen LogP contribution in [0.3, 0.4) is 0 Å². The molecular formula is C23H27N3O3S2. The molecule has 164 valence electrons. The van der Waals surface area contributed by atoms with Crippen molar-refractivity contribution in [2.75, 3.05) is 13.1 Å². The van der Waals surface area contributed by atoms with Crippen LogP contribution in [-0.2, 0) is 27.8 Å². The lowest BCUT2D eigenvalue weighted by atomic mass is 9.95. The quantitative estimate of drug-likeness (QED) is 0.741. The normalized spacial score (nSPS) is 18.9. The Morgan fingerprint density at radius 2 is 1.90 bits per heavy atom. The third-order valence-corrected chi connectivity index (χ3v) is 8.29. The first-order valence-corrected chi connectivity index (χ1v) is 12.9. The minimum Gasteiger partial charge on any atom is -0.356 e. The first-order valence-electron chi connectivity index (χ1n) is 10.6. The summed E-state index contributed by atoms with van der Waals surface area (Å²) in [6, 6.07) is 11.6. The van der Waals surface area contributed by atoms with Gasteiger partial charge in [0.05, 0.1) is 6.54 Å². The summed E-state index contributed by atoms with van der Waals surface area (Å²) in [7, 11) is -3.72. The molecule has 0 unspecified atom stereocenters. The number of hydrogen-bond donors (Lipinski definition) is 1. The van der Waals surface area contributed by atoms with Crippen LogP contribution in [0.5, 0.6) is 0 Å². The summed E-state index contributed by atoms with van der Waals surface area (Å²) in [5.74, 6) is 0.533. The largest absolute Gasteiger partial charge is 0.356 e. The summed E-state index contributed by atoms with van der Waals surface area (Å²) in [5.41, 5.74) is 2.53. The molecule has 3 heterocycles. The van der Waals surface area contributed by atoms with E-state index in [0.717, 1.165) is 16.9 Å². The summed E-state index contributed by atoms with van der Waals surface area (Å²) < 4.78 is 29.7. The van der Waals surface area contributed by atoms with E-state index in [0.29, 0.717) is 54.4 Å². The van der Waals surface area contributed by atoms with Crippen LogP contribution in [0.4, 0.5) is 0 Å². The van der Waals surface area contributed by atoms with Gasteiger partial charge in [0.1, 0.15) is 10.7 Å². The molecule has 0 spiro atoms. The molecule has 1 aromatic carbocycles. The Bertz CT molecular complexity index is 1110. The van der Waals surface area contributed by atoms with Crippen LogP contribution in [-0.4, -0.2) is 38.2 Å². The zero-order valence-electron chi connectivity index (χ0n) is 17.8. The molecule has 1 amide bonds. The van der Waals surface area contributed by atoms with E-state index in [2.05, 4.69) is 16.6 Å². The molecule has 8 heteroatoms. The summed E-state index contributed by atoms with van der Waals surface area (Å²) >= 11 is 1.63. The van der Waals surface area contributed by atoms with Crippen molar-refractivity contribution >= 4 is 38.0 Å². The SMILES string of the molecule is CCc1ccc(C2=C(C)C(N3CCC(C(=O)NCc4cccs4)CC3)=NS2(=O)=O)cc1. The van der Waals surface area contributed by atoms with E-state index in [1.807, 2.05) is 53.6 Å². The van der Waals surface area contributed by atoms with Gasteiger partial charge in [-0.2, -0.15) is 8.42 Å². The van der Waals surface area contributed by atoms with Gasteiger partial charge < -0.3 is 10.2 Å². The second kappa shape index (κ2) is 8.96. The molecular weight excluding hydrogens is 430 g/mol. The van der Waals surface area contributed by atoms with Gasteiger partial charge in [-0.25, -0.2) is 0 Å². The summed E-state index contributed by atoms with van der Waals surface area (Å²) in [5, 5.41) is 5.02. The average Bonchev–Trinajstić information content (AvgIpc) is 3.38. The molecule has 0 radical (unpaired) electrons. The van der Waals surface area contributed by atoms with Gasteiger partial charge in [-0.05, 0) is 48.8 Å². The van der Waals surface area contributed by atoms with Gasteiger partial charge in [0, 0.05) is 29.5 Å². The van der Waals surface area contributed by atoms with E-state index in [1.165, 1.54) is 0 Å². The fourth-order valence-electron chi connectivity index (χ4n) is 4.16. The summed E-state index contributed by atoms with van der Waals surface area (Å²) in [4.78, 5) is 15.9. The molecule has 31 heavy (non-hydrogen) atoms. The van der Waals surface area contributed by atoms with Gasteiger partial charge in [0.25, 0.3) is 10.0 Å². The fraction of sp³-hybridized carbons (Fsp3) is 0.391. The van der Waals surface area contributed by atoms with E-state index in [4.69, 9.17) is 0 Å². The number of amides is 1. The lowest BCUT2D eigenvalue weighted by Crippen LogP contribution is -2.42. The molecule has 1 saturated heterocycles. The average molecular weight is 458 g/mol. The second-order valence-electron chi connectivity index (χ2n) is 7.95. The molecule has 0 saturated carbocycles. The number of benzene rings is 1. The van der Waals surface area contributed by atoms with Crippen molar-refractivity contribution in [1.29, 1.82) is 0 Å². The highest BCUT2D eigenvalue weighted by Crippen LogP contribution is 2.34. The Morgan fingerprint density at radius 1 is 1.19 bits per heavy atom. The zero-order valence-corrected chi connectivity index (χ0v) is 19.4. The van der Waals surface area contributed by atoms with E-state index >= 15 is 0 Å². The highest BCUT2D eigenvalue weighted by atomic mass is 32.2. The molecule has 4 rings (SSSR count). The van der Waals surface area contributed by atoms with Gasteiger partial charge in [-0.3, -0.25) is 4.79 Å². The Balaban J connectivity index is 1.43. The van der Waals surface area contributed by atoms with Crippen LogP contribution in [0.2, 0.25) is 0 Å². The Kier molecular flexibility index (Phi) is 6.29. The number of carbonyl (C=O) groups excluding carboxylic acids is 1. The third-order valence-electron chi connectivity index (χ3n) is 5.95. The van der Waals surface area contributed by atoms with Crippen molar-refractivity contribution < 1.29 is 13.2 Å². The van der Waals surface area contributed by atoms with Crippen molar-refractivity contribution in [3.8, 4) is 0 Å². The number of sulfonamides is 1. The molecule has 1 N–H and O–H groups in total. The smallest absolute Gasteiger partial charge is 0.285 e. The van der Waals surface area contributed by atoms with E-state index < -0.39 is 10.0 Å². The van der Waals surface area contributed by atoms with Crippen LogP contribution in [0.1, 0.15) is 42.7 Å². The highest BCUT2D eigenvalue weighted by molar-refractivity contribution is 8.00. The van der Waals surface area contributed by atoms with Gasteiger partial charge in [0.15, 0.2) is 0 Å². The number of rotatable bonds is 5. The van der Waals surface area contributed by atoms with Gasteiger partial charge >= 0.3 is 0 Å². The number of amidine groups is 1. The molecule has 0 atom stereocenters. The summed E-state index contributed by atoms with van der Waals surface area (Å²) in [6.45, 7) is 5.69. The van der Waals surface area contributed by atoms with Crippen molar-refractivity contribution in [1.82, 2.24) is 10.2 Å². The number of nitrogens with one attached hydrogen (secondary N) is 1. The lowest BCUT2D eigenvalue weighted by molar-refractivity contribution is -0.126. The Labute approximate surface area is 187 Å². The third kappa shape index (κ3) is 4.60. The van der Waals surface area contributed by atoms with Gasteiger partial charge in [-0.15, -0.1) is 15.7 Å². The first-order chi connectivity index (χ1) is 14.9. The van der Waals surface area contributed by atoms with E-state index in [9.17, 15) is 13.2 Å². The molecule has 0 aliphatic carbocycles. The maximum Gasteiger partial charge on any atom is 0.285 e. The van der Waals surface area contributed by atoms with Crippen molar-refractivity contribution in [3.63, 3.8) is 0 Å². The van der Waals surface area contributed by atoms with Gasteiger partial charge in [0.2, 0.25) is 5.91 Å². The Morgan fingerprint density at radius 3 is 2.52 bits per heavy atom.